The van der Waals surface area contributed by atoms with Crippen molar-refractivity contribution < 1.29 is 9.53 Å². The van der Waals surface area contributed by atoms with Gasteiger partial charge in [-0.05, 0) is 42.4 Å². The monoisotopic (exact) mass is 326 g/mol. The van der Waals surface area contributed by atoms with E-state index in [1.54, 1.807) is 0 Å². The van der Waals surface area contributed by atoms with Crippen molar-refractivity contribution in [3.63, 3.8) is 0 Å². The molecule has 1 heterocycles. The quantitative estimate of drug-likeness (QED) is 0.475. The molecule has 0 aromatic carbocycles. The second-order valence-electron chi connectivity index (χ2n) is 5.32. The van der Waals surface area contributed by atoms with Crippen LogP contribution in [0.3, 0.4) is 0 Å². The molecular formula is C15H22N2O2S2. The molecule has 1 aromatic rings. The maximum absolute atomic E-state index is 12.0. The standard InChI is InChI=1S/C15H22N2O2S2/c1-9(2)6-11-8-21-13(12(11)14(18)19-5)17-15(20)16-7-10(3)4/h8-9H,3,6-7H2,1-2,4-5H3,(H2,16,17,20). The fraction of sp³-hybridized carbons (Fsp3) is 0.467. The third-order valence-electron chi connectivity index (χ3n) is 2.66. The van der Waals surface area contributed by atoms with Crippen LogP contribution in [0.2, 0.25) is 0 Å². The van der Waals surface area contributed by atoms with Crippen molar-refractivity contribution >= 4 is 39.6 Å². The van der Waals surface area contributed by atoms with Gasteiger partial charge in [-0.15, -0.1) is 11.3 Å². The van der Waals surface area contributed by atoms with Crippen LogP contribution < -0.4 is 10.6 Å². The number of ether oxygens (including phenoxy) is 1. The minimum atomic E-state index is -0.336. The van der Waals surface area contributed by atoms with E-state index in [0.717, 1.165) is 22.6 Å². The second kappa shape index (κ2) is 8.14. The van der Waals surface area contributed by atoms with Crippen LogP contribution in [0.5, 0.6) is 0 Å². The van der Waals surface area contributed by atoms with Gasteiger partial charge in [0, 0.05) is 6.54 Å². The van der Waals surface area contributed by atoms with Crippen LogP contribution >= 0.6 is 23.6 Å². The highest BCUT2D eigenvalue weighted by Gasteiger charge is 2.20. The Bertz CT molecular complexity index is 536. The predicted octanol–water partition coefficient (Wildman–Crippen LogP) is 3.60. The topological polar surface area (TPSA) is 50.4 Å². The number of hydrogen-bond donors (Lipinski definition) is 2. The lowest BCUT2D eigenvalue weighted by atomic mass is 10.0. The predicted molar refractivity (Wildman–Crippen MR) is 93.2 cm³/mol. The summed E-state index contributed by atoms with van der Waals surface area (Å²) in [5, 5.41) is 9.29. The van der Waals surface area contributed by atoms with Gasteiger partial charge in [-0.2, -0.15) is 0 Å². The Labute approximate surface area is 135 Å². The van der Waals surface area contributed by atoms with E-state index in [4.69, 9.17) is 17.0 Å². The maximum atomic E-state index is 12.0. The third kappa shape index (κ3) is 5.47. The summed E-state index contributed by atoms with van der Waals surface area (Å²) in [6, 6.07) is 0. The fourth-order valence-electron chi connectivity index (χ4n) is 1.78. The molecule has 0 saturated heterocycles. The number of nitrogens with one attached hydrogen (secondary N) is 2. The molecule has 0 radical (unpaired) electrons. The van der Waals surface area contributed by atoms with Crippen molar-refractivity contribution in [2.24, 2.45) is 5.92 Å². The number of thiophene rings is 1. The van der Waals surface area contributed by atoms with Crippen molar-refractivity contribution in [3.8, 4) is 0 Å². The van der Waals surface area contributed by atoms with Crippen molar-refractivity contribution in [2.45, 2.75) is 27.2 Å². The molecule has 4 nitrogen and oxygen atoms in total. The molecule has 6 heteroatoms. The molecule has 2 N–H and O–H groups in total. The molecule has 1 aromatic heterocycles. The number of methoxy groups -OCH3 is 1. The Morgan fingerprint density at radius 2 is 2.19 bits per heavy atom. The van der Waals surface area contributed by atoms with Crippen molar-refractivity contribution in [1.82, 2.24) is 5.32 Å². The summed E-state index contributed by atoms with van der Waals surface area (Å²) in [5.74, 6) is 0.126. The Hall–Kier alpha value is -1.40. The molecule has 0 bridgehead atoms. The summed E-state index contributed by atoms with van der Waals surface area (Å²) < 4.78 is 4.89. The van der Waals surface area contributed by atoms with Crippen LogP contribution in [0.1, 0.15) is 36.7 Å². The SMILES string of the molecule is C=C(C)CNC(=S)Nc1scc(CC(C)C)c1C(=O)OC. The number of rotatable bonds is 6. The molecule has 0 aliphatic carbocycles. The van der Waals surface area contributed by atoms with E-state index < -0.39 is 0 Å². The average molecular weight is 326 g/mol. The minimum absolute atomic E-state index is 0.336. The number of carbonyl (C=O) groups is 1. The molecule has 0 fully saturated rings. The zero-order valence-corrected chi connectivity index (χ0v) is 14.5. The van der Waals surface area contributed by atoms with Gasteiger partial charge in [0.2, 0.25) is 0 Å². The lowest BCUT2D eigenvalue weighted by Gasteiger charge is -2.11. The maximum Gasteiger partial charge on any atom is 0.341 e. The van der Waals surface area contributed by atoms with Gasteiger partial charge in [0.15, 0.2) is 5.11 Å². The summed E-state index contributed by atoms with van der Waals surface area (Å²) in [5.41, 5.74) is 2.56. The van der Waals surface area contributed by atoms with Gasteiger partial charge >= 0.3 is 5.97 Å². The zero-order valence-electron chi connectivity index (χ0n) is 12.9. The Morgan fingerprint density at radius 3 is 2.71 bits per heavy atom. The van der Waals surface area contributed by atoms with Crippen LogP contribution in [-0.4, -0.2) is 24.7 Å². The van der Waals surface area contributed by atoms with E-state index in [-0.39, 0.29) is 5.97 Å². The molecule has 0 amide bonds. The van der Waals surface area contributed by atoms with Gasteiger partial charge in [0.05, 0.1) is 12.7 Å². The Morgan fingerprint density at radius 1 is 1.52 bits per heavy atom. The first kappa shape index (κ1) is 17.7. The Kier molecular flexibility index (Phi) is 6.84. The van der Waals surface area contributed by atoms with Gasteiger partial charge in [0.1, 0.15) is 5.00 Å². The highest BCUT2D eigenvalue weighted by molar-refractivity contribution is 7.80. The van der Waals surface area contributed by atoms with E-state index in [1.165, 1.54) is 18.4 Å². The molecule has 0 atom stereocenters. The third-order valence-corrected chi connectivity index (χ3v) is 3.85. The molecule has 0 unspecified atom stereocenters. The van der Waals surface area contributed by atoms with Gasteiger partial charge in [-0.3, -0.25) is 0 Å². The summed E-state index contributed by atoms with van der Waals surface area (Å²) in [4.78, 5) is 12.0. The molecular weight excluding hydrogens is 304 g/mol. The minimum Gasteiger partial charge on any atom is -0.465 e. The number of hydrogen-bond acceptors (Lipinski definition) is 4. The normalized spacial score (nSPS) is 10.3. The summed E-state index contributed by atoms with van der Waals surface area (Å²) >= 11 is 6.69. The van der Waals surface area contributed by atoms with Gasteiger partial charge in [0.25, 0.3) is 0 Å². The first-order valence-electron chi connectivity index (χ1n) is 6.73. The van der Waals surface area contributed by atoms with Crippen LogP contribution in [0, 0.1) is 5.92 Å². The zero-order chi connectivity index (χ0) is 16.0. The molecule has 0 aliphatic heterocycles. The van der Waals surface area contributed by atoms with E-state index in [9.17, 15) is 4.79 Å². The smallest absolute Gasteiger partial charge is 0.341 e. The van der Waals surface area contributed by atoms with Crippen molar-refractivity contribution in [3.05, 3.63) is 28.7 Å². The second-order valence-corrected chi connectivity index (χ2v) is 6.61. The van der Waals surface area contributed by atoms with E-state index in [2.05, 4.69) is 31.1 Å². The first-order chi connectivity index (χ1) is 9.85. The molecule has 1 rings (SSSR count). The van der Waals surface area contributed by atoms with Crippen LogP contribution in [0.4, 0.5) is 5.00 Å². The van der Waals surface area contributed by atoms with E-state index >= 15 is 0 Å². The van der Waals surface area contributed by atoms with Gasteiger partial charge in [-0.25, -0.2) is 4.79 Å². The number of carbonyl (C=O) groups excluding carboxylic acids is 1. The molecule has 21 heavy (non-hydrogen) atoms. The first-order valence-corrected chi connectivity index (χ1v) is 8.01. The highest BCUT2D eigenvalue weighted by atomic mass is 32.1. The summed E-state index contributed by atoms with van der Waals surface area (Å²) in [6.45, 7) is 10.6. The summed E-state index contributed by atoms with van der Waals surface area (Å²) in [7, 11) is 1.39. The van der Waals surface area contributed by atoms with E-state index in [1.807, 2.05) is 12.3 Å². The fourth-order valence-corrected chi connectivity index (χ4v) is 2.99. The van der Waals surface area contributed by atoms with Gasteiger partial charge in [-0.1, -0.05) is 26.0 Å². The molecule has 0 aliphatic rings. The van der Waals surface area contributed by atoms with Crippen LogP contribution in [0.25, 0.3) is 0 Å². The largest absolute Gasteiger partial charge is 0.465 e. The highest BCUT2D eigenvalue weighted by Crippen LogP contribution is 2.30. The molecule has 0 spiro atoms. The lowest BCUT2D eigenvalue weighted by molar-refractivity contribution is 0.0601. The van der Waals surface area contributed by atoms with E-state index in [0.29, 0.717) is 23.1 Å². The average Bonchev–Trinajstić information content (AvgIpc) is 2.77. The van der Waals surface area contributed by atoms with Crippen LogP contribution in [-0.2, 0) is 11.2 Å². The number of thiocarbonyl (C=S) groups is 1. The van der Waals surface area contributed by atoms with Crippen LogP contribution in [0.15, 0.2) is 17.5 Å². The van der Waals surface area contributed by atoms with Gasteiger partial charge < -0.3 is 15.4 Å². The number of anilines is 1. The summed E-state index contributed by atoms with van der Waals surface area (Å²) in [6.07, 6.45) is 0.828. The lowest BCUT2D eigenvalue weighted by Crippen LogP contribution is -2.29. The van der Waals surface area contributed by atoms with Crippen molar-refractivity contribution in [2.75, 3.05) is 19.0 Å². The Balaban J connectivity index is 2.91. The number of esters is 1. The van der Waals surface area contributed by atoms with Crippen molar-refractivity contribution in [1.29, 1.82) is 0 Å². The molecule has 0 saturated carbocycles. The molecule has 116 valence electrons.